The number of thiazole rings is 1. The Balaban J connectivity index is 1.61. The molecule has 6 nitrogen and oxygen atoms in total. The molecule has 7 heteroatoms. The van der Waals surface area contributed by atoms with E-state index < -0.39 is 0 Å². The molecular weight excluding hydrogens is 266 g/mol. The third-order valence-corrected chi connectivity index (χ3v) is 3.62. The summed E-state index contributed by atoms with van der Waals surface area (Å²) in [6.45, 7) is 2.99. The molecular formula is C12H13N3O3S. The molecule has 3 heterocycles. The summed E-state index contributed by atoms with van der Waals surface area (Å²) in [6.07, 6.45) is 2.51. The number of hydrogen-bond acceptors (Lipinski definition) is 6. The van der Waals surface area contributed by atoms with Crippen molar-refractivity contribution in [1.29, 1.82) is 0 Å². The van der Waals surface area contributed by atoms with Gasteiger partial charge in [0.25, 0.3) is 11.1 Å². The van der Waals surface area contributed by atoms with E-state index in [-0.39, 0.29) is 12.0 Å². The van der Waals surface area contributed by atoms with Gasteiger partial charge in [0, 0.05) is 30.6 Å². The number of amides is 1. The van der Waals surface area contributed by atoms with Crippen molar-refractivity contribution in [3.8, 4) is 5.19 Å². The lowest BCUT2D eigenvalue weighted by Crippen LogP contribution is -2.31. The van der Waals surface area contributed by atoms with Gasteiger partial charge in [-0.3, -0.25) is 4.79 Å². The van der Waals surface area contributed by atoms with Crippen molar-refractivity contribution in [3.05, 3.63) is 29.1 Å². The molecule has 0 aliphatic carbocycles. The molecule has 2 aromatic heterocycles. The topological polar surface area (TPSA) is 68.5 Å². The Kier molecular flexibility index (Phi) is 3.20. The Morgan fingerprint density at radius 3 is 3.21 bits per heavy atom. The van der Waals surface area contributed by atoms with Crippen LogP contribution in [0.15, 0.2) is 22.2 Å². The molecule has 1 fully saturated rings. The third kappa shape index (κ3) is 2.60. The van der Waals surface area contributed by atoms with Crippen LogP contribution in [-0.2, 0) is 0 Å². The van der Waals surface area contributed by atoms with Crippen molar-refractivity contribution in [3.63, 3.8) is 0 Å². The summed E-state index contributed by atoms with van der Waals surface area (Å²) in [6, 6.07) is 1.65. The van der Waals surface area contributed by atoms with Crippen LogP contribution in [0.5, 0.6) is 5.19 Å². The van der Waals surface area contributed by atoms with E-state index in [9.17, 15) is 4.79 Å². The molecule has 0 aromatic carbocycles. The lowest BCUT2D eigenvalue weighted by Gasteiger charge is -2.14. The first-order valence-corrected chi connectivity index (χ1v) is 6.89. The van der Waals surface area contributed by atoms with Crippen molar-refractivity contribution in [1.82, 2.24) is 15.0 Å². The van der Waals surface area contributed by atoms with Crippen LogP contribution in [0.25, 0.3) is 0 Å². The summed E-state index contributed by atoms with van der Waals surface area (Å²) in [5.74, 6) is 0.528. The number of carbonyl (C=O) groups excluding carboxylic acids is 1. The fourth-order valence-electron chi connectivity index (χ4n) is 2.05. The van der Waals surface area contributed by atoms with E-state index in [0.29, 0.717) is 29.7 Å². The zero-order valence-electron chi connectivity index (χ0n) is 10.4. The van der Waals surface area contributed by atoms with Crippen molar-refractivity contribution in [2.75, 3.05) is 13.1 Å². The Hall–Kier alpha value is -1.89. The van der Waals surface area contributed by atoms with Gasteiger partial charge in [-0.25, -0.2) is 4.98 Å². The molecule has 19 heavy (non-hydrogen) atoms. The number of likely N-dealkylation sites (tertiary alicyclic amines) is 1. The van der Waals surface area contributed by atoms with Crippen LogP contribution >= 0.6 is 11.3 Å². The van der Waals surface area contributed by atoms with Crippen LogP contribution < -0.4 is 4.74 Å². The molecule has 0 radical (unpaired) electrons. The molecule has 1 aliphatic rings. The smallest absolute Gasteiger partial charge is 0.276 e. The second-order valence-corrected chi connectivity index (χ2v) is 5.26. The van der Waals surface area contributed by atoms with Crippen LogP contribution in [-0.4, -0.2) is 40.1 Å². The van der Waals surface area contributed by atoms with Crippen LogP contribution in [0.1, 0.15) is 22.7 Å². The summed E-state index contributed by atoms with van der Waals surface area (Å²) in [4.78, 5) is 18.0. The van der Waals surface area contributed by atoms with Crippen LogP contribution in [0.4, 0.5) is 0 Å². The SMILES string of the molecule is Cc1cc(C(=O)N2CCC(Oc3nccs3)C2)no1. The molecule has 1 aliphatic heterocycles. The summed E-state index contributed by atoms with van der Waals surface area (Å²) >= 11 is 1.45. The minimum Gasteiger partial charge on any atom is -0.465 e. The largest absolute Gasteiger partial charge is 0.465 e. The minimum absolute atomic E-state index is 0.00287. The molecule has 1 saturated heterocycles. The molecule has 0 N–H and O–H groups in total. The maximum atomic E-state index is 12.1. The maximum absolute atomic E-state index is 12.1. The van der Waals surface area contributed by atoms with E-state index in [4.69, 9.17) is 9.26 Å². The zero-order chi connectivity index (χ0) is 13.2. The number of aryl methyl sites for hydroxylation is 1. The van der Waals surface area contributed by atoms with Gasteiger partial charge in [-0.15, -0.1) is 0 Å². The summed E-state index contributed by atoms with van der Waals surface area (Å²) in [7, 11) is 0. The van der Waals surface area contributed by atoms with Gasteiger partial charge in [-0.05, 0) is 6.92 Å². The number of ether oxygens (including phenoxy) is 1. The number of carbonyl (C=O) groups is 1. The Labute approximate surface area is 114 Å². The number of hydrogen-bond donors (Lipinski definition) is 0. The average molecular weight is 279 g/mol. The van der Waals surface area contributed by atoms with Gasteiger partial charge < -0.3 is 14.2 Å². The first-order chi connectivity index (χ1) is 9.22. The van der Waals surface area contributed by atoms with Gasteiger partial charge in [-0.2, -0.15) is 0 Å². The van der Waals surface area contributed by atoms with Crippen molar-refractivity contribution < 1.29 is 14.1 Å². The van der Waals surface area contributed by atoms with Gasteiger partial charge in [0.2, 0.25) is 0 Å². The molecule has 2 aromatic rings. The van der Waals surface area contributed by atoms with Crippen LogP contribution in [0.2, 0.25) is 0 Å². The van der Waals surface area contributed by atoms with E-state index >= 15 is 0 Å². The summed E-state index contributed by atoms with van der Waals surface area (Å²) in [5.41, 5.74) is 0.354. The second kappa shape index (κ2) is 5.00. The highest BCUT2D eigenvalue weighted by atomic mass is 32.1. The normalized spacial score (nSPS) is 18.8. The number of nitrogens with zero attached hydrogens (tertiary/aromatic N) is 3. The highest BCUT2D eigenvalue weighted by Crippen LogP contribution is 2.21. The minimum atomic E-state index is -0.109. The van der Waals surface area contributed by atoms with Gasteiger partial charge in [-0.1, -0.05) is 16.5 Å². The maximum Gasteiger partial charge on any atom is 0.276 e. The average Bonchev–Trinajstić information content (AvgIpc) is 3.10. The number of rotatable bonds is 3. The Morgan fingerprint density at radius 1 is 1.63 bits per heavy atom. The molecule has 0 saturated carbocycles. The molecule has 100 valence electrons. The van der Waals surface area contributed by atoms with Crippen molar-refractivity contribution in [2.45, 2.75) is 19.4 Å². The quantitative estimate of drug-likeness (QED) is 0.856. The monoisotopic (exact) mass is 279 g/mol. The fraction of sp³-hybridized carbons (Fsp3) is 0.417. The lowest BCUT2D eigenvalue weighted by molar-refractivity contribution is 0.0762. The number of aromatic nitrogens is 2. The van der Waals surface area contributed by atoms with E-state index in [0.717, 1.165) is 6.42 Å². The van der Waals surface area contributed by atoms with Crippen LogP contribution in [0.3, 0.4) is 0 Å². The Bertz CT molecular complexity index is 567. The highest BCUT2D eigenvalue weighted by molar-refractivity contribution is 7.11. The fourth-order valence-corrected chi connectivity index (χ4v) is 2.60. The molecule has 1 atom stereocenters. The first-order valence-electron chi connectivity index (χ1n) is 6.01. The lowest BCUT2D eigenvalue weighted by atomic mass is 10.3. The molecule has 0 spiro atoms. The molecule has 3 rings (SSSR count). The van der Waals surface area contributed by atoms with Crippen LogP contribution in [0, 0.1) is 6.92 Å². The first kappa shape index (κ1) is 12.2. The van der Waals surface area contributed by atoms with E-state index in [2.05, 4.69) is 10.1 Å². The second-order valence-electron chi connectivity index (χ2n) is 4.40. The molecule has 0 bridgehead atoms. The standard InChI is InChI=1S/C12H13N3O3S/c1-8-6-10(14-18-8)11(16)15-4-2-9(7-15)17-12-13-3-5-19-12/h3,5-6,9H,2,4,7H2,1H3. The van der Waals surface area contributed by atoms with Gasteiger partial charge in [0.15, 0.2) is 5.69 Å². The summed E-state index contributed by atoms with van der Waals surface area (Å²) in [5, 5.41) is 6.26. The van der Waals surface area contributed by atoms with Gasteiger partial charge in [0.05, 0.1) is 6.54 Å². The van der Waals surface area contributed by atoms with Crippen molar-refractivity contribution >= 4 is 17.2 Å². The van der Waals surface area contributed by atoms with Gasteiger partial charge in [0.1, 0.15) is 11.9 Å². The Morgan fingerprint density at radius 2 is 2.53 bits per heavy atom. The third-order valence-electron chi connectivity index (χ3n) is 2.96. The van der Waals surface area contributed by atoms with Crippen molar-refractivity contribution in [2.24, 2.45) is 0 Å². The highest BCUT2D eigenvalue weighted by Gasteiger charge is 2.30. The summed E-state index contributed by atoms with van der Waals surface area (Å²) < 4.78 is 10.6. The predicted octanol–water partition coefficient (Wildman–Crippen LogP) is 1.73. The van der Waals surface area contributed by atoms with Gasteiger partial charge >= 0.3 is 0 Å². The zero-order valence-corrected chi connectivity index (χ0v) is 11.2. The molecule has 1 amide bonds. The van der Waals surface area contributed by atoms with E-state index in [1.54, 1.807) is 24.1 Å². The van der Waals surface area contributed by atoms with E-state index in [1.165, 1.54) is 11.3 Å². The molecule has 1 unspecified atom stereocenters. The van der Waals surface area contributed by atoms with E-state index in [1.807, 2.05) is 5.38 Å². The predicted molar refractivity (Wildman–Crippen MR) is 68.3 cm³/mol.